The quantitative estimate of drug-likeness (QED) is 0.794. The zero-order valence-electron chi connectivity index (χ0n) is 7.80. The van der Waals surface area contributed by atoms with Gasteiger partial charge in [0.1, 0.15) is 6.61 Å². The Labute approximate surface area is 91.6 Å². The first-order valence-corrected chi connectivity index (χ1v) is 4.59. The van der Waals surface area contributed by atoms with Gasteiger partial charge in [-0.1, -0.05) is 11.6 Å². The van der Waals surface area contributed by atoms with Gasteiger partial charge in [-0.3, -0.25) is 0 Å². The molecule has 2 aromatic rings. The van der Waals surface area contributed by atoms with E-state index < -0.39 is 0 Å². The molecule has 0 aliphatic heterocycles. The Kier molecular flexibility index (Phi) is 2.94. The van der Waals surface area contributed by atoms with Gasteiger partial charge in [-0.15, -0.1) is 5.10 Å². The summed E-state index contributed by atoms with van der Waals surface area (Å²) in [5.74, 6) is 0.590. The molecule has 0 bridgehead atoms. The molecule has 0 unspecified atom stereocenters. The summed E-state index contributed by atoms with van der Waals surface area (Å²) in [4.78, 5) is 0. The number of tetrazole rings is 1. The predicted molar refractivity (Wildman–Crippen MR) is 54.3 cm³/mol. The van der Waals surface area contributed by atoms with E-state index in [1.165, 1.54) is 0 Å². The van der Waals surface area contributed by atoms with Crippen LogP contribution < -0.4 is 0 Å². The molecule has 5 nitrogen and oxygen atoms in total. The van der Waals surface area contributed by atoms with Crippen LogP contribution in [0.15, 0.2) is 24.3 Å². The Balaban J connectivity index is 2.36. The molecular weight excluding hydrogens is 216 g/mol. The third-order valence-electron chi connectivity index (χ3n) is 1.84. The molecule has 15 heavy (non-hydrogen) atoms. The Hall–Kier alpha value is -1.46. The van der Waals surface area contributed by atoms with E-state index in [0.717, 1.165) is 5.69 Å². The van der Waals surface area contributed by atoms with E-state index in [9.17, 15) is 0 Å². The van der Waals surface area contributed by atoms with Gasteiger partial charge in [-0.05, 0) is 34.7 Å². The van der Waals surface area contributed by atoms with Crippen LogP contribution in [0.3, 0.4) is 0 Å². The molecule has 1 radical (unpaired) electrons. The molecule has 1 aromatic heterocycles. The van der Waals surface area contributed by atoms with Crippen molar-refractivity contribution in [2.45, 2.75) is 6.61 Å². The van der Waals surface area contributed by atoms with Crippen molar-refractivity contribution in [2.75, 3.05) is 0 Å². The lowest BCUT2D eigenvalue weighted by atomic mass is 10.3. The normalized spacial score (nSPS) is 10.5. The molecule has 0 N–H and O–H groups in total. The lowest BCUT2D eigenvalue weighted by Crippen LogP contribution is -2.03. The Bertz CT molecular complexity index is 440. The monoisotopic (exact) mass is 223 g/mol. The SMILES string of the molecule is [CH2]OCc1nnnn1-c1ccc(Cl)cc1. The molecule has 2 rings (SSSR count). The molecule has 0 saturated heterocycles. The number of nitrogens with zero attached hydrogens (tertiary/aromatic N) is 4. The fraction of sp³-hybridized carbons (Fsp3) is 0.111. The van der Waals surface area contributed by atoms with Crippen molar-refractivity contribution < 1.29 is 4.74 Å². The first-order valence-electron chi connectivity index (χ1n) is 4.21. The second-order valence-corrected chi connectivity index (χ2v) is 3.27. The van der Waals surface area contributed by atoms with Crippen LogP contribution in [0.5, 0.6) is 0 Å². The first-order chi connectivity index (χ1) is 7.31. The zero-order chi connectivity index (χ0) is 10.7. The van der Waals surface area contributed by atoms with Gasteiger partial charge in [-0.2, -0.15) is 4.68 Å². The van der Waals surface area contributed by atoms with E-state index in [1.54, 1.807) is 16.8 Å². The molecule has 0 aliphatic rings. The lowest BCUT2D eigenvalue weighted by Gasteiger charge is -2.03. The number of benzene rings is 1. The summed E-state index contributed by atoms with van der Waals surface area (Å²) in [6.45, 7) is 0.260. The lowest BCUT2D eigenvalue weighted by molar-refractivity contribution is 0.218. The molecule has 1 aromatic carbocycles. The molecule has 1 heterocycles. The molecule has 6 heteroatoms. The van der Waals surface area contributed by atoms with Crippen LogP contribution in [-0.4, -0.2) is 20.2 Å². The molecule has 0 saturated carbocycles. The third-order valence-corrected chi connectivity index (χ3v) is 2.09. The van der Waals surface area contributed by atoms with E-state index in [4.69, 9.17) is 16.3 Å². The second kappa shape index (κ2) is 4.37. The highest BCUT2D eigenvalue weighted by atomic mass is 35.5. The van der Waals surface area contributed by atoms with Crippen molar-refractivity contribution >= 4 is 11.6 Å². The summed E-state index contributed by atoms with van der Waals surface area (Å²) >= 11 is 5.78. The molecule has 0 fully saturated rings. The van der Waals surface area contributed by atoms with Crippen LogP contribution in [0.2, 0.25) is 5.02 Å². The minimum absolute atomic E-state index is 0.260. The summed E-state index contributed by atoms with van der Waals surface area (Å²) in [5.41, 5.74) is 0.830. The van der Waals surface area contributed by atoms with Gasteiger partial charge < -0.3 is 4.74 Å². The zero-order valence-corrected chi connectivity index (χ0v) is 8.55. The second-order valence-electron chi connectivity index (χ2n) is 2.83. The van der Waals surface area contributed by atoms with Crippen LogP contribution in [0, 0.1) is 7.11 Å². The summed E-state index contributed by atoms with van der Waals surface area (Å²) in [6, 6.07) is 7.19. The standard InChI is InChI=1S/C9H8ClN4O/c1-15-6-9-11-12-13-14(9)8-4-2-7(10)3-5-8/h2-5H,1,6H2. The van der Waals surface area contributed by atoms with Crippen molar-refractivity contribution in [3.05, 3.63) is 42.2 Å². The number of halogens is 1. The van der Waals surface area contributed by atoms with Crippen LogP contribution in [0.4, 0.5) is 0 Å². The number of hydrogen-bond donors (Lipinski definition) is 0. The molecular formula is C9H8ClN4O. The molecule has 0 spiro atoms. The maximum absolute atomic E-state index is 5.78. The number of aromatic nitrogens is 4. The van der Waals surface area contributed by atoms with Gasteiger partial charge in [-0.25, -0.2) is 0 Å². The largest absolute Gasteiger partial charge is 0.371 e. The highest BCUT2D eigenvalue weighted by molar-refractivity contribution is 6.30. The minimum atomic E-state index is 0.260. The van der Waals surface area contributed by atoms with E-state index >= 15 is 0 Å². The van der Waals surface area contributed by atoms with E-state index in [1.807, 2.05) is 12.1 Å². The topological polar surface area (TPSA) is 52.8 Å². The van der Waals surface area contributed by atoms with Gasteiger partial charge in [0.2, 0.25) is 0 Å². The average Bonchev–Trinajstić information content (AvgIpc) is 2.68. The van der Waals surface area contributed by atoms with Gasteiger partial charge >= 0.3 is 0 Å². The first kappa shape index (κ1) is 10.1. The summed E-state index contributed by atoms with van der Waals surface area (Å²) in [5, 5.41) is 11.9. The van der Waals surface area contributed by atoms with Gasteiger partial charge in [0, 0.05) is 5.02 Å². The molecule has 77 valence electrons. The van der Waals surface area contributed by atoms with Crippen molar-refractivity contribution in [1.29, 1.82) is 0 Å². The van der Waals surface area contributed by atoms with E-state index in [-0.39, 0.29) is 6.61 Å². The summed E-state index contributed by atoms with van der Waals surface area (Å²) in [7, 11) is 3.28. The number of rotatable bonds is 3. The number of ether oxygens (including phenoxy) is 1. The average molecular weight is 224 g/mol. The maximum atomic E-state index is 5.78. The van der Waals surface area contributed by atoms with Gasteiger partial charge in [0.05, 0.1) is 12.8 Å². The maximum Gasteiger partial charge on any atom is 0.182 e. The summed E-state index contributed by atoms with van der Waals surface area (Å²) in [6.07, 6.45) is 0. The van der Waals surface area contributed by atoms with Crippen LogP contribution in [-0.2, 0) is 11.3 Å². The fourth-order valence-electron chi connectivity index (χ4n) is 1.17. The van der Waals surface area contributed by atoms with E-state index in [0.29, 0.717) is 10.8 Å². The third kappa shape index (κ3) is 2.14. The van der Waals surface area contributed by atoms with Gasteiger partial charge in [0.25, 0.3) is 0 Å². The highest BCUT2D eigenvalue weighted by Gasteiger charge is 2.06. The van der Waals surface area contributed by atoms with Crippen LogP contribution in [0.1, 0.15) is 5.82 Å². The van der Waals surface area contributed by atoms with E-state index in [2.05, 4.69) is 22.6 Å². The van der Waals surface area contributed by atoms with Crippen LogP contribution in [0.25, 0.3) is 5.69 Å². The van der Waals surface area contributed by atoms with Crippen LogP contribution >= 0.6 is 11.6 Å². The predicted octanol–water partition coefficient (Wildman–Crippen LogP) is 1.62. The van der Waals surface area contributed by atoms with Crippen molar-refractivity contribution in [1.82, 2.24) is 20.2 Å². The van der Waals surface area contributed by atoms with Gasteiger partial charge in [0.15, 0.2) is 5.82 Å². The molecule has 0 atom stereocenters. The van der Waals surface area contributed by atoms with Crippen molar-refractivity contribution in [2.24, 2.45) is 0 Å². The molecule has 0 aliphatic carbocycles. The van der Waals surface area contributed by atoms with Crippen molar-refractivity contribution in [3.8, 4) is 5.69 Å². The Morgan fingerprint density at radius 2 is 2.07 bits per heavy atom. The fourth-order valence-corrected chi connectivity index (χ4v) is 1.30. The smallest absolute Gasteiger partial charge is 0.182 e. The van der Waals surface area contributed by atoms with Crippen molar-refractivity contribution in [3.63, 3.8) is 0 Å². The highest BCUT2D eigenvalue weighted by Crippen LogP contribution is 2.13. The summed E-state index contributed by atoms with van der Waals surface area (Å²) < 4.78 is 6.30. The Morgan fingerprint density at radius 3 is 2.73 bits per heavy atom. The Morgan fingerprint density at radius 1 is 1.33 bits per heavy atom. The minimum Gasteiger partial charge on any atom is -0.371 e. The number of hydrogen-bond acceptors (Lipinski definition) is 4. The molecule has 0 amide bonds.